The van der Waals surface area contributed by atoms with Gasteiger partial charge < -0.3 is 10.6 Å². The fraction of sp³-hybridized carbons (Fsp3) is 0.280. The zero-order valence-electron chi connectivity index (χ0n) is 19.7. The highest BCUT2D eigenvalue weighted by Crippen LogP contribution is 2.21. The molecule has 0 saturated carbocycles. The van der Waals surface area contributed by atoms with Crippen molar-refractivity contribution in [2.24, 2.45) is 5.92 Å². The minimum absolute atomic E-state index is 0.0483. The van der Waals surface area contributed by atoms with Gasteiger partial charge in [-0.25, -0.2) is 9.36 Å². The standard InChI is InChI=1S/C25H23ClN6O4/c1-3-31-21-7-6-17(12-19(21)24(35)32(9-8-27)25(31)36)29-22(33)10-15(2)11-23(34)30-18-5-4-16(14-28)20(26)13-18/h4-7,12-13,15H,3,9-11H2,1-2H3,(H,29,33)(H,30,34). The van der Waals surface area contributed by atoms with Crippen molar-refractivity contribution >= 4 is 45.7 Å². The molecule has 1 heterocycles. The Morgan fingerprint density at radius 2 is 1.61 bits per heavy atom. The normalized spacial score (nSPS) is 11.4. The summed E-state index contributed by atoms with van der Waals surface area (Å²) in [5, 5.41) is 23.8. The summed E-state index contributed by atoms with van der Waals surface area (Å²) in [5.41, 5.74) is 0.347. The first-order valence-electron chi connectivity index (χ1n) is 11.1. The quantitative estimate of drug-likeness (QED) is 0.478. The molecule has 10 nitrogen and oxygen atoms in total. The zero-order chi connectivity index (χ0) is 26.4. The summed E-state index contributed by atoms with van der Waals surface area (Å²) in [6.07, 6.45) is 0.122. The van der Waals surface area contributed by atoms with Gasteiger partial charge in [0.05, 0.1) is 27.6 Å². The maximum Gasteiger partial charge on any atom is 0.332 e. The smallest absolute Gasteiger partial charge is 0.326 e. The molecule has 184 valence electrons. The number of aromatic nitrogens is 2. The van der Waals surface area contributed by atoms with Gasteiger partial charge in [0.15, 0.2) is 0 Å². The van der Waals surface area contributed by atoms with Crippen molar-refractivity contribution < 1.29 is 9.59 Å². The Hall–Kier alpha value is -4.41. The van der Waals surface area contributed by atoms with Crippen molar-refractivity contribution in [2.45, 2.75) is 39.8 Å². The van der Waals surface area contributed by atoms with Crippen molar-refractivity contribution in [1.29, 1.82) is 10.5 Å². The molecule has 0 saturated heterocycles. The number of nitriles is 2. The summed E-state index contributed by atoms with van der Waals surface area (Å²) in [4.78, 5) is 50.2. The van der Waals surface area contributed by atoms with E-state index in [1.807, 2.05) is 12.1 Å². The number of nitrogens with one attached hydrogen (secondary N) is 2. The molecule has 0 fully saturated rings. The number of nitrogens with zero attached hydrogens (tertiary/aromatic N) is 4. The van der Waals surface area contributed by atoms with Crippen molar-refractivity contribution in [3.8, 4) is 12.1 Å². The van der Waals surface area contributed by atoms with Gasteiger partial charge in [-0.15, -0.1) is 0 Å². The Labute approximate surface area is 211 Å². The lowest BCUT2D eigenvalue weighted by Gasteiger charge is -2.14. The Bertz CT molecular complexity index is 1540. The molecular weight excluding hydrogens is 484 g/mol. The predicted molar refractivity (Wildman–Crippen MR) is 136 cm³/mol. The number of halogens is 1. The van der Waals surface area contributed by atoms with Crippen LogP contribution in [-0.2, 0) is 22.7 Å². The lowest BCUT2D eigenvalue weighted by atomic mass is 10.0. The van der Waals surface area contributed by atoms with Gasteiger partial charge >= 0.3 is 5.69 Å². The molecule has 1 atom stereocenters. The number of rotatable bonds is 8. The molecule has 0 radical (unpaired) electrons. The van der Waals surface area contributed by atoms with Gasteiger partial charge in [-0.2, -0.15) is 10.5 Å². The molecule has 0 aliphatic heterocycles. The molecule has 2 aromatic carbocycles. The van der Waals surface area contributed by atoms with Crippen LogP contribution in [0.3, 0.4) is 0 Å². The lowest BCUT2D eigenvalue weighted by Crippen LogP contribution is -2.39. The lowest BCUT2D eigenvalue weighted by molar-refractivity contribution is -0.118. The van der Waals surface area contributed by atoms with E-state index in [4.69, 9.17) is 22.1 Å². The first-order chi connectivity index (χ1) is 17.2. The summed E-state index contributed by atoms with van der Waals surface area (Å²) >= 11 is 5.98. The van der Waals surface area contributed by atoms with Crippen molar-refractivity contribution in [3.05, 3.63) is 67.8 Å². The van der Waals surface area contributed by atoms with Crippen LogP contribution in [0.5, 0.6) is 0 Å². The molecule has 0 aliphatic rings. The molecule has 1 aromatic heterocycles. The molecule has 0 aliphatic carbocycles. The highest BCUT2D eigenvalue weighted by Gasteiger charge is 2.16. The van der Waals surface area contributed by atoms with Crippen molar-refractivity contribution in [2.75, 3.05) is 10.6 Å². The Balaban J connectivity index is 1.68. The Morgan fingerprint density at radius 3 is 2.17 bits per heavy atom. The maximum atomic E-state index is 12.8. The van der Waals surface area contributed by atoms with E-state index in [0.29, 0.717) is 29.0 Å². The third-order valence-electron chi connectivity index (χ3n) is 5.49. The summed E-state index contributed by atoms with van der Waals surface area (Å²) in [7, 11) is 0. The fourth-order valence-corrected chi connectivity index (χ4v) is 4.05. The second-order valence-electron chi connectivity index (χ2n) is 8.22. The van der Waals surface area contributed by atoms with Crippen molar-refractivity contribution in [3.63, 3.8) is 0 Å². The summed E-state index contributed by atoms with van der Waals surface area (Å²) in [6, 6.07) is 13.0. The van der Waals surface area contributed by atoms with E-state index >= 15 is 0 Å². The average Bonchev–Trinajstić information content (AvgIpc) is 2.82. The number of benzene rings is 2. The predicted octanol–water partition coefficient (Wildman–Crippen LogP) is 3.23. The minimum Gasteiger partial charge on any atom is -0.326 e. The number of fused-ring (bicyclic) bond motifs is 1. The van der Waals surface area contributed by atoms with Crippen LogP contribution in [0.15, 0.2) is 46.0 Å². The van der Waals surface area contributed by atoms with E-state index in [1.54, 1.807) is 32.0 Å². The zero-order valence-corrected chi connectivity index (χ0v) is 20.4. The van der Waals surface area contributed by atoms with Crippen LogP contribution in [0, 0.1) is 28.6 Å². The van der Waals surface area contributed by atoms with Crippen LogP contribution in [-0.4, -0.2) is 20.9 Å². The molecule has 0 bridgehead atoms. The molecule has 11 heteroatoms. The van der Waals surface area contributed by atoms with Crippen LogP contribution >= 0.6 is 11.6 Å². The first kappa shape index (κ1) is 26.2. The van der Waals surface area contributed by atoms with E-state index in [2.05, 4.69) is 10.6 Å². The number of hydrogen-bond acceptors (Lipinski definition) is 6. The second kappa shape index (κ2) is 11.3. The van der Waals surface area contributed by atoms with Gasteiger partial charge in [0, 0.05) is 30.8 Å². The Kier molecular flexibility index (Phi) is 8.26. The van der Waals surface area contributed by atoms with Crippen molar-refractivity contribution in [1.82, 2.24) is 9.13 Å². The van der Waals surface area contributed by atoms with Crippen LogP contribution in [0.1, 0.15) is 32.3 Å². The van der Waals surface area contributed by atoms with E-state index in [0.717, 1.165) is 4.57 Å². The molecule has 2 amide bonds. The highest BCUT2D eigenvalue weighted by molar-refractivity contribution is 6.32. The number of carbonyl (C=O) groups excluding carboxylic acids is 2. The maximum absolute atomic E-state index is 12.8. The number of hydrogen-bond donors (Lipinski definition) is 2. The highest BCUT2D eigenvalue weighted by atomic mass is 35.5. The minimum atomic E-state index is -0.606. The van der Waals surface area contributed by atoms with E-state index < -0.39 is 11.2 Å². The monoisotopic (exact) mass is 506 g/mol. The van der Waals surface area contributed by atoms with Gasteiger partial charge in [-0.1, -0.05) is 18.5 Å². The molecular formula is C25H23ClN6O4. The van der Waals surface area contributed by atoms with Gasteiger partial charge in [0.2, 0.25) is 11.8 Å². The van der Waals surface area contributed by atoms with Crippen LogP contribution in [0.25, 0.3) is 10.9 Å². The third-order valence-corrected chi connectivity index (χ3v) is 5.81. The van der Waals surface area contributed by atoms with Gasteiger partial charge in [0.1, 0.15) is 12.6 Å². The summed E-state index contributed by atoms with van der Waals surface area (Å²) in [5.74, 6) is -0.952. The van der Waals surface area contributed by atoms with Crippen LogP contribution in [0.2, 0.25) is 5.02 Å². The van der Waals surface area contributed by atoms with Gasteiger partial charge in [-0.05, 0) is 49.2 Å². The molecule has 36 heavy (non-hydrogen) atoms. The number of anilines is 2. The second-order valence-corrected chi connectivity index (χ2v) is 8.63. The topological polar surface area (TPSA) is 150 Å². The number of amides is 2. The first-order valence-corrected chi connectivity index (χ1v) is 11.5. The van der Waals surface area contributed by atoms with E-state index in [-0.39, 0.29) is 47.5 Å². The Morgan fingerprint density at radius 1 is 1.00 bits per heavy atom. The van der Waals surface area contributed by atoms with E-state index in [9.17, 15) is 19.2 Å². The van der Waals surface area contributed by atoms with Gasteiger partial charge in [0.25, 0.3) is 5.56 Å². The molecule has 2 N–H and O–H groups in total. The number of carbonyl (C=O) groups is 2. The van der Waals surface area contributed by atoms with E-state index in [1.165, 1.54) is 22.8 Å². The SMILES string of the molecule is CCn1c(=O)n(CC#N)c(=O)c2cc(NC(=O)CC(C)CC(=O)Nc3ccc(C#N)c(Cl)c3)ccc21. The third kappa shape index (κ3) is 5.80. The van der Waals surface area contributed by atoms with Crippen LogP contribution in [0.4, 0.5) is 11.4 Å². The van der Waals surface area contributed by atoms with Gasteiger partial charge in [-0.3, -0.25) is 19.0 Å². The molecule has 0 spiro atoms. The van der Waals surface area contributed by atoms with Crippen LogP contribution < -0.4 is 21.9 Å². The summed E-state index contributed by atoms with van der Waals surface area (Å²) < 4.78 is 2.25. The molecule has 3 aromatic rings. The fourth-order valence-electron chi connectivity index (χ4n) is 3.83. The largest absolute Gasteiger partial charge is 0.332 e. The number of aryl methyl sites for hydroxylation is 1. The molecule has 1 unspecified atom stereocenters. The average molecular weight is 507 g/mol. The molecule has 3 rings (SSSR count). The summed E-state index contributed by atoms with van der Waals surface area (Å²) in [6.45, 7) is 3.44.